The third kappa shape index (κ3) is 6.61. The Morgan fingerprint density at radius 2 is 2.27 bits per heavy atom. The summed E-state index contributed by atoms with van der Waals surface area (Å²) in [4.78, 5) is 3.86. The van der Waals surface area contributed by atoms with Crippen molar-refractivity contribution in [2.45, 2.75) is 12.8 Å². The SMILES string of the molecule is N#CNC(N)=NCCCCN. The van der Waals surface area contributed by atoms with E-state index in [0.717, 1.165) is 12.8 Å². The first-order valence-corrected chi connectivity index (χ1v) is 3.46. The molecule has 0 saturated heterocycles. The molecule has 0 rings (SSSR count). The van der Waals surface area contributed by atoms with Gasteiger partial charge in [0.25, 0.3) is 0 Å². The number of nitrogens with one attached hydrogen (secondary N) is 1. The number of nitrogens with two attached hydrogens (primary N) is 2. The van der Waals surface area contributed by atoms with Crippen molar-refractivity contribution in [2.24, 2.45) is 16.5 Å². The third-order valence-electron chi connectivity index (χ3n) is 1.08. The van der Waals surface area contributed by atoms with Crippen molar-refractivity contribution in [1.82, 2.24) is 5.32 Å². The Kier molecular flexibility index (Phi) is 6.04. The molecule has 0 radical (unpaired) electrons. The van der Waals surface area contributed by atoms with Crippen molar-refractivity contribution in [3.63, 3.8) is 0 Å². The highest BCUT2D eigenvalue weighted by Crippen LogP contribution is 1.85. The molecule has 0 atom stereocenters. The van der Waals surface area contributed by atoms with Crippen molar-refractivity contribution in [2.75, 3.05) is 13.1 Å². The van der Waals surface area contributed by atoms with E-state index in [-0.39, 0.29) is 5.96 Å². The summed E-state index contributed by atoms with van der Waals surface area (Å²) in [6.45, 7) is 1.29. The minimum atomic E-state index is 0.171. The van der Waals surface area contributed by atoms with Crippen LogP contribution in [0, 0.1) is 11.5 Å². The van der Waals surface area contributed by atoms with Crippen LogP contribution in [0.25, 0.3) is 0 Å². The second kappa shape index (κ2) is 6.83. The van der Waals surface area contributed by atoms with Crippen molar-refractivity contribution >= 4 is 5.96 Å². The molecule has 5 N–H and O–H groups in total. The zero-order valence-corrected chi connectivity index (χ0v) is 6.38. The lowest BCUT2D eigenvalue weighted by atomic mass is 10.3. The van der Waals surface area contributed by atoms with Gasteiger partial charge in [0.15, 0.2) is 6.19 Å². The van der Waals surface area contributed by atoms with Crippen molar-refractivity contribution < 1.29 is 0 Å². The quantitative estimate of drug-likeness (QED) is 0.161. The zero-order chi connectivity index (χ0) is 8.53. The van der Waals surface area contributed by atoms with E-state index >= 15 is 0 Å². The number of hydrogen-bond donors (Lipinski definition) is 3. The maximum atomic E-state index is 8.10. The smallest absolute Gasteiger partial charge is 0.202 e. The summed E-state index contributed by atoms with van der Waals surface area (Å²) in [6, 6.07) is 0. The average Bonchev–Trinajstić information content (AvgIpc) is 1.99. The molecule has 0 spiro atoms. The first-order valence-electron chi connectivity index (χ1n) is 3.46. The lowest BCUT2D eigenvalue weighted by molar-refractivity contribution is 0.753. The molecule has 0 fully saturated rings. The second-order valence-electron chi connectivity index (χ2n) is 2.00. The van der Waals surface area contributed by atoms with Gasteiger partial charge in [0.1, 0.15) is 0 Å². The summed E-state index contributed by atoms with van der Waals surface area (Å²) in [5.74, 6) is 0.171. The van der Waals surface area contributed by atoms with E-state index in [1.54, 1.807) is 6.19 Å². The molecule has 0 saturated carbocycles. The largest absolute Gasteiger partial charge is 0.369 e. The van der Waals surface area contributed by atoms with Gasteiger partial charge in [-0.05, 0) is 19.4 Å². The van der Waals surface area contributed by atoms with Crippen molar-refractivity contribution in [1.29, 1.82) is 5.26 Å². The van der Waals surface area contributed by atoms with Crippen LogP contribution >= 0.6 is 0 Å². The lowest BCUT2D eigenvalue weighted by Gasteiger charge is -1.95. The summed E-state index contributed by atoms with van der Waals surface area (Å²) in [5.41, 5.74) is 10.5. The van der Waals surface area contributed by atoms with Crippen molar-refractivity contribution in [3.8, 4) is 6.19 Å². The van der Waals surface area contributed by atoms with Crippen LogP contribution in [0.1, 0.15) is 12.8 Å². The number of nitriles is 1. The van der Waals surface area contributed by atoms with Gasteiger partial charge in [-0.25, -0.2) is 0 Å². The fourth-order valence-electron chi connectivity index (χ4n) is 0.552. The molecule has 11 heavy (non-hydrogen) atoms. The molecule has 62 valence electrons. The molecule has 0 aliphatic rings. The van der Waals surface area contributed by atoms with Crippen LogP contribution in [0.2, 0.25) is 0 Å². The second-order valence-corrected chi connectivity index (χ2v) is 2.00. The fraction of sp³-hybridized carbons (Fsp3) is 0.667. The molecule has 0 aromatic heterocycles. The molecular weight excluding hydrogens is 142 g/mol. The van der Waals surface area contributed by atoms with Gasteiger partial charge in [0.05, 0.1) is 0 Å². The highest BCUT2D eigenvalue weighted by atomic mass is 15.1. The van der Waals surface area contributed by atoms with Crippen LogP contribution in [0.3, 0.4) is 0 Å². The molecule has 0 unspecified atom stereocenters. The van der Waals surface area contributed by atoms with Crippen LogP contribution in [-0.4, -0.2) is 19.0 Å². The molecule has 0 amide bonds. The summed E-state index contributed by atoms with van der Waals surface area (Å²) in [5, 5.41) is 10.3. The van der Waals surface area contributed by atoms with E-state index in [0.29, 0.717) is 13.1 Å². The van der Waals surface area contributed by atoms with E-state index in [1.165, 1.54) is 0 Å². The Balaban J connectivity index is 3.34. The predicted molar refractivity (Wildman–Crippen MR) is 43.5 cm³/mol. The van der Waals surface area contributed by atoms with Gasteiger partial charge >= 0.3 is 0 Å². The number of guanidine groups is 1. The number of aliphatic imine (C=N–C) groups is 1. The van der Waals surface area contributed by atoms with Gasteiger partial charge in [-0.3, -0.25) is 10.3 Å². The molecule has 0 aliphatic heterocycles. The van der Waals surface area contributed by atoms with Crippen molar-refractivity contribution in [3.05, 3.63) is 0 Å². The molecule has 0 aromatic carbocycles. The lowest BCUT2D eigenvalue weighted by Crippen LogP contribution is -2.27. The van der Waals surface area contributed by atoms with Crippen LogP contribution < -0.4 is 16.8 Å². The molecule has 5 heteroatoms. The topological polar surface area (TPSA) is 100 Å². The predicted octanol–water partition coefficient (Wildman–Crippen LogP) is -0.889. The molecular formula is C6H13N5. The Morgan fingerprint density at radius 3 is 2.82 bits per heavy atom. The Hall–Kier alpha value is -1.28. The molecule has 0 heterocycles. The van der Waals surface area contributed by atoms with Gasteiger partial charge in [0, 0.05) is 6.54 Å². The summed E-state index contributed by atoms with van der Waals surface area (Å²) in [7, 11) is 0. The van der Waals surface area contributed by atoms with Gasteiger partial charge in [0.2, 0.25) is 5.96 Å². The van der Waals surface area contributed by atoms with Crippen LogP contribution in [0.5, 0.6) is 0 Å². The Morgan fingerprint density at radius 1 is 1.55 bits per heavy atom. The van der Waals surface area contributed by atoms with Gasteiger partial charge in [-0.1, -0.05) is 0 Å². The zero-order valence-electron chi connectivity index (χ0n) is 6.38. The molecule has 5 nitrogen and oxygen atoms in total. The maximum Gasteiger partial charge on any atom is 0.202 e. The van der Waals surface area contributed by atoms with E-state index in [2.05, 4.69) is 10.3 Å². The highest BCUT2D eigenvalue weighted by molar-refractivity contribution is 5.79. The fourth-order valence-corrected chi connectivity index (χ4v) is 0.552. The van der Waals surface area contributed by atoms with Gasteiger partial charge in [-0.2, -0.15) is 5.26 Å². The molecule has 0 bridgehead atoms. The summed E-state index contributed by atoms with van der Waals surface area (Å²) < 4.78 is 0. The Labute approximate surface area is 66.1 Å². The van der Waals surface area contributed by atoms with Crippen LogP contribution in [0.15, 0.2) is 4.99 Å². The van der Waals surface area contributed by atoms with E-state index in [1.807, 2.05) is 0 Å². The minimum absolute atomic E-state index is 0.171. The van der Waals surface area contributed by atoms with Crippen LogP contribution in [-0.2, 0) is 0 Å². The minimum Gasteiger partial charge on any atom is -0.369 e. The van der Waals surface area contributed by atoms with Gasteiger partial charge in [-0.15, -0.1) is 0 Å². The number of unbranched alkanes of at least 4 members (excludes halogenated alkanes) is 1. The van der Waals surface area contributed by atoms with E-state index in [9.17, 15) is 0 Å². The number of rotatable bonds is 4. The van der Waals surface area contributed by atoms with E-state index < -0.39 is 0 Å². The number of nitrogens with zero attached hydrogens (tertiary/aromatic N) is 2. The summed E-state index contributed by atoms with van der Waals surface area (Å²) >= 11 is 0. The first-order chi connectivity index (χ1) is 5.31. The number of hydrogen-bond acceptors (Lipinski definition) is 3. The first kappa shape index (κ1) is 9.72. The standard InChI is InChI=1S/C6H13N5/c7-3-1-2-4-10-6(9)11-5-8/h1-4,7H2,(H3,9,10,11). The molecule has 0 aliphatic carbocycles. The third-order valence-corrected chi connectivity index (χ3v) is 1.08. The monoisotopic (exact) mass is 155 g/mol. The van der Waals surface area contributed by atoms with E-state index in [4.69, 9.17) is 16.7 Å². The van der Waals surface area contributed by atoms with Gasteiger partial charge < -0.3 is 11.5 Å². The Bertz CT molecular complexity index is 157. The normalized spacial score (nSPS) is 10.7. The van der Waals surface area contributed by atoms with Crippen LogP contribution in [0.4, 0.5) is 0 Å². The maximum absolute atomic E-state index is 8.10. The summed E-state index contributed by atoms with van der Waals surface area (Å²) in [6.07, 6.45) is 3.52. The average molecular weight is 155 g/mol. The highest BCUT2D eigenvalue weighted by Gasteiger charge is 1.87. The molecule has 0 aromatic rings.